The van der Waals surface area contributed by atoms with Crippen LogP contribution in [0.1, 0.15) is 31.1 Å². The highest BCUT2D eigenvalue weighted by molar-refractivity contribution is 6.31. The fourth-order valence-corrected chi connectivity index (χ4v) is 3.72. The Bertz CT molecular complexity index is 1440. The van der Waals surface area contributed by atoms with Gasteiger partial charge in [0.2, 0.25) is 5.78 Å². The molecule has 8 nitrogen and oxygen atoms in total. The SMILES string of the molecule is CC(=O)C(C)n1c(=O)c2c(nc3n(-c4ccc(C)c(Cl)c4)c(C)cn23)n(C)c1=O. The number of Topliss-reactive ketones (excluding diaryl/α,β-unsaturated/α-hetero) is 1. The molecule has 0 aliphatic carbocycles. The molecule has 9 heteroatoms. The molecule has 0 saturated carbocycles. The number of aryl methyl sites for hydroxylation is 3. The molecule has 3 aromatic heterocycles. The summed E-state index contributed by atoms with van der Waals surface area (Å²) in [5.41, 5.74) is 1.97. The van der Waals surface area contributed by atoms with Crippen LogP contribution >= 0.6 is 11.6 Å². The number of hydrogen-bond acceptors (Lipinski definition) is 4. The summed E-state index contributed by atoms with van der Waals surface area (Å²) in [4.78, 5) is 42.4. The second-order valence-electron chi connectivity index (χ2n) is 7.30. The molecule has 3 heterocycles. The molecule has 1 atom stereocenters. The standard InChI is InChI=1S/C20H20ClN5O3/c1-10-6-7-14(8-15(10)21)25-11(2)9-24-16-17(22-19(24)25)23(5)20(29)26(18(16)28)12(3)13(4)27/h6-9,12H,1-5H3. The zero-order valence-electron chi connectivity index (χ0n) is 16.7. The summed E-state index contributed by atoms with van der Waals surface area (Å²) in [7, 11) is 1.54. The van der Waals surface area contributed by atoms with E-state index >= 15 is 0 Å². The summed E-state index contributed by atoms with van der Waals surface area (Å²) in [5.74, 6) is 0.213. The van der Waals surface area contributed by atoms with Crippen LogP contribution in [0.15, 0.2) is 34.0 Å². The van der Waals surface area contributed by atoms with Gasteiger partial charge in [0.25, 0.3) is 5.56 Å². The monoisotopic (exact) mass is 413 g/mol. The maximum absolute atomic E-state index is 13.2. The number of carbonyl (C=O) groups excluding carboxylic acids is 1. The molecule has 0 bridgehead atoms. The van der Waals surface area contributed by atoms with E-state index < -0.39 is 17.3 Å². The molecule has 0 amide bonds. The first-order valence-electron chi connectivity index (χ1n) is 9.12. The van der Waals surface area contributed by atoms with E-state index in [9.17, 15) is 14.4 Å². The number of fused-ring (bicyclic) bond motifs is 3. The van der Waals surface area contributed by atoms with Crippen molar-refractivity contribution < 1.29 is 4.79 Å². The van der Waals surface area contributed by atoms with Crippen LogP contribution in [-0.4, -0.2) is 28.9 Å². The first-order valence-corrected chi connectivity index (χ1v) is 9.50. The number of nitrogens with zero attached hydrogens (tertiary/aromatic N) is 5. The molecular formula is C20H20ClN5O3. The van der Waals surface area contributed by atoms with Gasteiger partial charge in [-0.15, -0.1) is 0 Å². The number of benzene rings is 1. The summed E-state index contributed by atoms with van der Waals surface area (Å²) >= 11 is 6.30. The molecule has 1 unspecified atom stereocenters. The number of aromatic nitrogens is 5. The molecule has 29 heavy (non-hydrogen) atoms. The summed E-state index contributed by atoms with van der Waals surface area (Å²) in [6, 6.07) is 4.80. The Kier molecular flexibility index (Phi) is 4.27. The van der Waals surface area contributed by atoms with Crippen LogP contribution in [0.2, 0.25) is 5.02 Å². The van der Waals surface area contributed by atoms with E-state index in [-0.39, 0.29) is 16.9 Å². The van der Waals surface area contributed by atoms with Gasteiger partial charge in [-0.2, -0.15) is 4.98 Å². The lowest BCUT2D eigenvalue weighted by Crippen LogP contribution is -2.42. The van der Waals surface area contributed by atoms with Crippen molar-refractivity contribution >= 4 is 34.3 Å². The maximum Gasteiger partial charge on any atom is 0.333 e. The summed E-state index contributed by atoms with van der Waals surface area (Å²) in [6.45, 7) is 6.71. The lowest BCUT2D eigenvalue weighted by Gasteiger charge is -2.12. The first kappa shape index (κ1) is 19.2. The molecule has 0 aliphatic rings. The Hall–Kier alpha value is -3.13. The van der Waals surface area contributed by atoms with Crippen molar-refractivity contribution in [1.29, 1.82) is 0 Å². The molecule has 4 aromatic rings. The summed E-state index contributed by atoms with van der Waals surface area (Å²) in [5, 5.41) is 0.620. The zero-order valence-corrected chi connectivity index (χ0v) is 17.5. The number of rotatable bonds is 3. The zero-order chi connectivity index (χ0) is 21.2. The fourth-order valence-electron chi connectivity index (χ4n) is 3.54. The third kappa shape index (κ3) is 2.66. The summed E-state index contributed by atoms with van der Waals surface area (Å²) in [6.07, 6.45) is 1.78. The van der Waals surface area contributed by atoms with Crippen LogP contribution in [0.25, 0.3) is 22.6 Å². The van der Waals surface area contributed by atoms with Crippen LogP contribution in [0, 0.1) is 13.8 Å². The van der Waals surface area contributed by atoms with Gasteiger partial charge in [-0.3, -0.25) is 23.1 Å². The predicted molar refractivity (Wildman–Crippen MR) is 111 cm³/mol. The minimum absolute atomic E-state index is 0.246. The van der Waals surface area contributed by atoms with Crippen molar-refractivity contribution in [2.45, 2.75) is 33.7 Å². The Morgan fingerprint density at radius 3 is 2.52 bits per heavy atom. The van der Waals surface area contributed by atoms with Crippen LogP contribution in [0.5, 0.6) is 0 Å². The van der Waals surface area contributed by atoms with Crippen molar-refractivity contribution in [3.05, 3.63) is 61.5 Å². The van der Waals surface area contributed by atoms with Crippen molar-refractivity contribution in [3.63, 3.8) is 0 Å². The molecule has 0 fully saturated rings. The first-order chi connectivity index (χ1) is 13.6. The van der Waals surface area contributed by atoms with Crippen LogP contribution in [-0.2, 0) is 11.8 Å². The molecule has 0 spiro atoms. The van der Waals surface area contributed by atoms with Crippen LogP contribution in [0.3, 0.4) is 0 Å². The van der Waals surface area contributed by atoms with E-state index in [1.807, 2.05) is 36.6 Å². The fraction of sp³-hybridized carbons (Fsp3) is 0.300. The van der Waals surface area contributed by atoms with Crippen molar-refractivity contribution in [3.8, 4) is 5.69 Å². The molecule has 150 valence electrons. The van der Waals surface area contributed by atoms with Gasteiger partial charge in [0, 0.05) is 24.0 Å². The molecule has 0 saturated heterocycles. The molecule has 1 aromatic carbocycles. The Labute approximate surface area is 170 Å². The molecular weight excluding hydrogens is 394 g/mol. The van der Waals surface area contributed by atoms with Gasteiger partial charge < -0.3 is 0 Å². The Balaban J connectivity index is 2.13. The number of imidazole rings is 2. The van der Waals surface area contributed by atoms with Crippen molar-refractivity contribution in [1.82, 2.24) is 23.1 Å². The lowest BCUT2D eigenvalue weighted by atomic mass is 10.2. The van der Waals surface area contributed by atoms with E-state index in [0.29, 0.717) is 10.8 Å². The van der Waals surface area contributed by atoms with Gasteiger partial charge in [0.15, 0.2) is 16.9 Å². The molecule has 4 rings (SSSR count). The Morgan fingerprint density at radius 1 is 1.21 bits per heavy atom. The highest BCUT2D eigenvalue weighted by atomic mass is 35.5. The highest BCUT2D eigenvalue weighted by Crippen LogP contribution is 2.24. The largest absolute Gasteiger partial charge is 0.333 e. The lowest BCUT2D eigenvalue weighted by molar-refractivity contribution is -0.119. The second kappa shape index (κ2) is 6.45. The quantitative estimate of drug-likeness (QED) is 0.516. The van der Waals surface area contributed by atoms with E-state index in [2.05, 4.69) is 4.98 Å². The average molecular weight is 414 g/mol. The van der Waals surface area contributed by atoms with Crippen molar-refractivity contribution in [2.24, 2.45) is 7.05 Å². The third-order valence-corrected chi connectivity index (χ3v) is 5.77. The third-order valence-electron chi connectivity index (χ3n) is 5.36. The van der Waals surface area contributed by atoms with E-state index in [4.69, 9.17) is 11.6 Å². The van der Waals surface area contributed by atoms with Crippen LogP contribution in [0.4, 0.5) is 0 Å². The van der Waals surface area contributed by atoms with Gasteiger partial charge in [-0.1, -0.05) is 17.7 Å². The molecule has 0 N–H and O–H groups in total. The Morgan fingerprint density at radius 2 is 1.90 bits per heavy atom. The number of halogens is 1. The van der Waals surface area contributed by atoms with Gasteiger partial charge in [0.1, 0.15) is 0 Å². The van der Waals surface area contributed by atoms with Gasteiger partial charge in [-0.05, 0) is 45.4 Å². The molecule has 0 aliphatic heterocycles. The van der Waals surface area contributed by atoms with Crippen molar-refractivity contribution in [2.75, 3.05) is 0 Å². The normalized spacial score (nSPS) is 12.8. The maximum atomic E-state index is 13.2. The topological polar surface area (TPSA) is 83.3 Å². The predicted octanol–water partition coefficient (Wildman–Crippen LogP) is 2.56. The van der Waals surface area contributed by atoms with E-state index in [1.165, 1.54) is 11.5 Å². The minimum Gasteiger partial charge on any atom is -0.298 e. The average Bonchev–Trinajstić information content (AvgIpc) is 3.17. The highest BCUT2D eigenvalue weighted by Gasteiger charge is 2.24. The number of ketones is 1. The minimum atomic E-state index is -0.866. The van der Waals surface area contributed by atoms with E-state index in [1.54, 1.807) is 24.6 Å². The second-order valence-corrected chi connectivity index (χ2v) is 7.70. The van der Waals surface area contributed by atoms with Gasteiger partial charge >= 0.3 is 5.69 Å². The number of carbonyl (C=O) groups is 1. The number of hydrogen-bond donors (Lipinski definition) is 0. The van der Waals surface area contributed by atoms with E-state index in [0.717, 1.165) is 21.5 Å². The van der Waals surface area contributed by atoms with Gasteiger partial charge in [0.05, 0.1) is 11.7 Å². The van der Waals surface area contributed by atoms with Crippen LogP contribution < -0.4 is 11.2 Å². The molecule has 0 radical (unpaired) electrons. The van der Waals surface area contributed by atoms with Gasteiger partial charge in [-0.25, -0.2) is 9.36 Å². The summed E-state index contributed by atoms with van der Waals surface area (Å²) < 4.78 is 5.80. The smallest absolute Gasteiger partial charge is 0.298 e.